The van der Waals surface area contributed by atoms with E-state index in [9.17, 15) is 19.8 Å². The van der Waals surface area contributed by atoms with Gasteiger partial charge >= 0.3 is 11.9 Å². The zero-order chi connectivity index (χ0) is 21.8. The maximum absolute atomic E-state index is 12.8. The molecular weight excluding hydrogens is 372 g/mol. The Morgan fingerprint density at radius 3 is 2.62 bits per heavy atom. The van der Waals surface area contributed by atoms with Gasteiger partial charge in [0.2, 0.25) is 0 Å². The van der Waals surface area contributed by atoms with Gasteiger partial charge in [-0.25, -0.2) is 9.59 Å². The van der Waals surface area contributed by atoms with Gasteiger partial charge in [-0.15, -0.1) is 0 Å². The lowest BCUT2D eigenvalue weighted by Crippen LogP contribution is -2.27. The van der Waals surface area contributed by atoms with Crippen molar-refractivity contribution in [3.8, 4) is 5.75 Å². The Balaban J connectivity index is 2.93. The number of aliphatic hydroxyl groups excluding tert-OH is 1. The van der Waals surface area contributed by atoms with E-state index in [4.69, 9.17) is 9.47 Å². The molecule has 0 heterocycles. The summed E-state index contributed by atoms with van der Waals surface area (Å²) in [6, 6.07) is 4.92. The molecule has 2 atom stereocenters. The smallest absolute Gasteiger partial charge is 0.342 e. The third-order valence-electron chi connectivity index (χ3n) is 4.40. The number of hydrogen-bond donors (Lipinski definition) is 2. The van der Waals surface area contributed by atoms with Gasteiger partial charge in [-0.2, -0.15) is 0 Å². The lowest BCUT2D eigenvalue weighted by atomic mass is 9.99. The van der Waals surface area contributed by atoms with Crippen LogP contribution in [0.3, 0.4) is 0 Å². The minimum absolute atomic E-state index is 0.0153. The van der Waals surface area contributed by atoms with Crippen molar-refractivity contribution in [1.82, 2.24) is 0 Å². The lowest BCUT2D eigenvalue weighted by Gasteiger charge is -2.22. The molecule has 1 aromatic carbocycles. The molecule has 160 valence electrons. The summed E-state index contributed by atoms with van der Waals surface area (Å²) in [7, 11) is 0. The number of aryl methyl sites for hydroxylation is 1. The Morgan fingerprint density at radius 1 is 1.28 bits per heavy atom. The van der Waals surface area contributed by atoms with Crippen LogP contribution in [0.4, 0.5) is 0 Å². The molecule has 0 bridgehead atoms. The molecule has 6 nitrogen and oxygen atoms in total. The van der Waals surface area contributed by atoms with E-state index in [-0.39, 0.29) is 36.7 Å². The fourth-order valence-corrected chi connectivity index (χ4v) is 2.75. The molecule has 1 aromatic rings. The molecule has 0 aliphatic carbocycles. The van der Waals surface area contributed by atoms with Gasteiger partial charge < -0.3 is 19.7 Å². The number of hydrogen-bond acceptors (Lipinski definition) is 6. The monoisotopic (exact) mass is 404 g/mol. The number of ether oxygens (including phenoxy) is 2. The van der Waals surface area contributed by atoms with Crippen LogP contribution >= 0.6 is 0 Å². The molecular formula is C23H32O6. The van der Waals surface area contributed by atoms with Crippen molar-refractivity contribution in [3.63, 3.8) is 0 Å². The molecule has 29 heavy (non-hydrogen) atoms. The first-order chi connectivity index (χ1) is 13.8. The van der Waals surface area contributed by atoms with Crippen LogP contribution in [0.2, 0.25) is 0 Å². The molecule has 0 saturated heterocycles. The highest BCUT2D eigenvalue weighted by molar-refractivity contribution is 5.94. The molecule has 0 aromatic heterocycles. The standard InChI is InChI=1S/C23H32O6/c1-5-9-17-10-7-12-19(24)22(17)23(27)29-18(15-20(25)16(3)4)11-8-13-21(26)28-14-6-2/h6-8,10,12-13,16,18,20,24-25H,2,5,9,11,14-15H2,1,3-4H3/b13-8+. The van der Waals surface area contributed by atoms with Gasteiger partial charge in [0.05, 0.1) is 6.10 Å². The first-order valence-corrected chi connectivity index (χ1v) is 9.94. The first-order valence-electron chi connectivity index (χ1n) is 9.94. The van der Waals surface area contributed by atoms with Crippen molar-refractivity contribution in [2.45, 2.75) is 58.7 Å². The number of carbonyl (C=O) groups excluding carboxylic acids is 2. The van der Waals surface area contributed by atoms with Gasteiger partial charge in [0.15, 0.2) is 0 Å². The summed E-state index contributed by atoms with van der Waals surface area (Å²) in [6.07, 6.45) is 4.84. The number of phenolic OH excluding ortho intramolecular Hbond substituents is 1. The van der Waals surface area contributed by atoms with Crippen molar-refractivity contribution in [1.29, 1.82) is 0 Å². The minimum Gasteiger partial charge on any atom is -0.507 e. The summed E-state index contributed by atoms with van der Waals surface area (Å²) in [6.45, 7) is 9.31. The maximum atomic E-state index is 12.8. The maximum Gasteiger partial charge on any atom is 0.342 e. The van der Waals surface area contributed by atoms with Crippen LogP contribution in [0.15, 0.2) is 43.0 Å². The Kier molecular flexibility index (Phi) is 10.8. The molecule has 0 fully saturated rings. The molecule has 1 rings (SSSR count). The van der Waals surface area contributed by atoms with Gasteiger partial charge in [-0.3, -0.25) is 0 Å². The van der Waals surface area contributed by atoms with E-state index in [1.54, 1.807) is 18.2 Å². The Morgan fingerprint density at radius 2 is 2.00 bits per heavy atom. The second-order valence-corrected chi connectivity index (χ2v) is 7.19. The number of esters is 2. The van der Waals surface area contributed by atoms with Crippen LogP contribution in [0, 0.1) is 5.92 Å². The van der Waals surface area contributed by atoms with E-state index in [2.05, 4.69) is 6.58 Å². The van der Waals surface area contributed by atoms with Crippen molar-refractivity contribution < 1.29 is 29.3 Å². The Hall–Kier alpha value is -2.60. The lowest BCUT2D eigenvalue weighted by molar-refractivity contribution is -0.136. The highest BCUT2D eigenvalue weighted by Gasteiger charge is 2.24. The predicted octanol–water partition coefficient (Wildman–Crippen LogP) is 3.95. The van der Waals surface area contributed by atoms with Crippen LogP contribution in [-0.4, -0.2) is 41.0 Å². The van der Waals surface area contributed by atoms with Crippen molar-refractivity contribution in [2.75, 3.05) is 6.61 Å². The van der Waals surface area contributed by atoms with Crippen molar-refractivity contribution in [3.05, 3.63) is 54.1 Å². The number of aromatic hydroxyl groups is 1. The van der Waals surface area contributed by atoms with E-state index in [1.165, 1.54) is 18.2 Å². The molecule has 6 heteroatoms. The highest BCUT2D eigenvalue weighted by atomic mass is 16.5. The zero-order valence-corrected chi connectivity index (χ0v) is 17.5. The zero-order valence-electron chi connectivity index (χ0n) is 17.5. The van der Waals surface area contributed by atoms with E-state index in [0.29, 0.717) is 12.0 Å². The number of carbonyl (C=O) groups is 2. The fourth-order valence-electron chi connectivity index (χ4n) is 2.75. The molecule has 2 unspecified atom stereocenters. The number of aliphatic hydroxyl groups is 1. The van der Waals surface area contributed by atoms with E-state index >= 15 is 0 Å². The van der Waals surface area contributed by atoms with Gasteiger partial charge in [-0.1, -0.05) is 58.1 Å². The average Bonchev–Trinajstić information content (AvgIpc) is 2.66. The van der Waals surface area contributed by atoms with Crippen molar-refractivity contribution in [2.24, 2.45) is 5.92 Å². The van der Waals surface area contributed by atoms with Crippen LogP contribution in [-0.2, 0) is 20.7 Å². The fraction of sp³-hybridized carbons (Fsp3) is 0.478. The van der Waals surface area contributed by atoms with Crippen molar-refractivity contribution >= 4 is 11.9 Å². The summed E-state index contributed by atoms with van der Waals surface area (Å²) in [5.41, 5.74) is 0.858. The molecule has 0 amide bonds. The molecule has 0 aliphatic heterocycles. The SMILES string of the molecule is C=CCOC(=O)/C=C/CC(CC(O)C(C)C)OC(=O)c1c(O)cccc1CCC. The number of rotatable bonds is 12. The summed E-state index contributed by atoms with van der Waals surface area (Å²) in [5.74, 6) is -1.31. The van der Waals surface area contributed by atoms with Gasteiger partial charge in [0, 0.05) is 18.9 Å². The Labute approximate surface area is 172 Å². The van der Waals surface area contributed by atoms with E-state index in [0.717, 1.165) is 6.42 Å². The van der Waals surface area contributed by atoms with Crippen LogP contribution < -0.4 is 0 Å². The summed E-state index contributed by atoms with van der Waals surface area (Å²) < 4.78 is 10.5. The van der Waals surface area contributed by atoms with E-state index in [1.807, 2.05) is 20.8 Å². The van der Waals surface area contributed by atoms with Crippen LogP contribution in [0.1, 0.15) is 56.0 Å². The normalized spacial score (nSPS) is 13.3. The molecule has 0 aliphatic rings. The Bertz CT molecular complexity index is 707. The quantitative estimate of drug-likeness (QED) is 0.311. The van der Waals surface area contributed by atoms with Gasteiger partial charge in [0.1, 0.15) is 24.0 Å². The largest absolute Gasteiger partial charge is 0.507 e. The summed E-state index contributed by atoms with van der Waals surface area (Å²) >= 11 is 0. The predicted molar refractivity (Wildman–Crippen MR) is 112 cm³/mol. The van der Waals surface area contributed by atoms with Gasteiger partial charge in [-0.05, 0) is 24.0 Å². The van der Waals surface area contributed by atoms with Crippen LogP contribution in [0.5, 0.6) is 5.75 Å². The van der Waals surface area contributed by atoms with Crippen LogP contribution in [0.25, 0.3) is 0 Å². The molecule has 2 N–H and O–H groups in total. The van der Waals surface area contributed by atoms with E-state index < -0.39 is 24.1 Å². The summed E-state index contributed by atoms with van der Waals surface area (Å²) in [4.78, 5) is 24.3. The first kappa shape index (κ1) is 24.4. The third-order valence-corrected chi connectivity index (χ3v) is 4.40. The number of phenols is 1. The van der Waals surface area contributed by atoms with Gasteiger partial charge in [0.25, 0.3) is 0 Å². The average molecular weight is 405 g/mol. The minimum atomic E-state index is -0.673. The summed E-state index contributed by atoms with van der Waals surface area (Å²) in [5, 5.41) is 20.4. The second kappa shape index (κ2) is 12.8. The molecule has 0 saturated carbocycles. The number of benzene rings is 1. The third kappa shape index (κ3) is 8.52. The second-order valence-electron chi connectivity index (χ2n) is 7.19. The molecule has 0 spiro atoms. The highest BCUT2D eigenvalue weighted by Crippen LogP contribution is 2.25. The topological polar surface area (TPSA) is 93.1 Å². The molecule has 0 radical (unpaired) electrons.